The van der Waals surface area contributed by atoms with Crippen molar-refractivity contribution >= 4 is 18.7 Å². The second-order valence-electron chi connectivity index (χ2n) is 0.993. The van der Waals surface area contributed by atoms with Crippen molar-refractivity contribution in [2.75, 3.05) is 6.16 Å². The lowest BCUT2D eigenvalue weighted by atomic mass is 10.7. The molecule has 1 unspecified atom stereocenters. The zero-order valence-electron chi connectivity index (χ0n) is 3.13. The largest absolute Gasteiger partial charge is 0.390 e. The van der Waals surface area contributed by atoms with Crippen LogP contribution >= 0.6 is 6.92 Å². The molecule has 1 rings (SSSR count). The van der Waals surface area contributed by atoms with Crippen LogP contribution in [-0.2, 0) is 16.3 Å². The van der Waals surface area contributed by atoms with Crippen LogP contribution in [0.2, 0.25) is 0 Å². The standard InChI is InChI=1S/C3H4OPS/c6-5-3-1-2-4-5/h1-2H,3H2/q+1. The van der Waals surface area contributed by atoms with Gasteiger partial charge < -0.3 is 0 Å². The van der Waals surface area contributed by atoms with Crippen molar-refractivity contribution in [1.29, 1.82) is 0 Å². The van der Waals surface area contributed by atoms with Crippen molar-refractivity contribution in [3.63, 3.8) is 0 Å². The smallest absolute Gasteiger partial charge is 0.285 e. The average molecular weight is 119 g/mol. The van der Waals surface area contributed by atoms with Crippen LogP contribution in [0.3, 0.4) is 0 Å². The molecule has 0 N–H and O–H groups in total. The Labute approximate surface area is 42.5 Å². The predicted octanol–water partition coefficient (Wildman–Crippen LogP) is 1.39. The number of allylic oxidation sites excluding steroid dienone is 1. The topological polar surface area (TPSA) is 9.23 Å². The molecule has 1 atom stereocenters. The van der Waals surface area contributed by atoms with Crippen LogP contribution in [0.1, 0.15) is 0 Å². The minimum absolute atomic E-state index is 0.493. The van der Waals surface area contributed by atoms with Crippen molar-refractivity contribution in [2.45, 2.75) is 0 Å². The summed E-state index contributed by atoms with van der Waals surface area (Å²) in [5, 5.41) is 0. The van der Waals surface area contributed by atoms with Crippen molar-refractivity contribution in [3.05, 3.63) is 12.3 Å². The van der Waals surface area contributed by atoms with E-state index in [1.807, 2.05) is 6.08 Å². The van der Waals surface area contributed by atoms with Crippen LogP contribution < -0.4 is 0 Å². The second-order valence-corrected chi connectivity index (χ2v) is 3.46. The van der Waals surface area contributed by atoms with E-state index in [0.717, 1.165) is 6.16 Å². The molecule has 32 valence electrons. The van der Waals surface area contributed by atoms with E-state index in [4.69, 9.17) is 16.3 Å². The third-order valence-electron chi connectivity index (χ3n) is 0.529. The van der Waals surface area contributed by atoms with Gasteiger partial charge >= 0.3 is 6.92 Å². The molecule has 0 aromatic heterocycles. The Bertz CT molecular complexity index is 89.0. The summed E-state index contributed by atoms with van der Waals surface area (Å²) in [7, 11) is 0. The van der Waals surface area contributed by atoms with Gasteiger partial charge in [0.2, 0.25) is 11.8 Å². The summed E-state index contributed by atoms with van der Waals surface area (Å²) in [6.45, 7) is -0.493. The summed E-state index contributed by atoms with van der Waals surface area (Å²) in [4.78, 5) is 0. The van der Waals surface area contributed by atoms with Crippen molar-refractivity contribution in [3.8, 4) is 0 Å². The normalized spacial score (nSPS) is 24.3. The van der Waals surface area contributed by atoms with E-state index in [2.05, 4.69) is 0 Å². The monoisotopic (exact) mass is 119 g/mol. The summed E-state index contributed by atoms with van der Waals surface area (Å²) in [6.07, 6.45) is 4.60. The number of hydrogen-bond donors (Lipinski definition) is 0. The maximum Gasteiger partial charge on any atom is 0.390 e. The lowest BCUT2D eigenvalue weighted by molar-refractivity contribution is 0.563. The summed E-state index contributed by atoms with van der Waals surface area (Å²) >= 11 is 4.78. The molecule has 0 aromatic carbocycles. The third-order valence-corrected chi connectivity index (χ3v) is 2.10. The zero-order chi connectivity index (χ0) is 4.41. The van der Waals surface area contributed by atoms with Gasteiger partial charge in [0.15, 0.2) is 6.16 Å². The highest BCUT2D eigenvalue weighted by Crippen LogP contribution is 2.27. The molecular formula is C3H4OPS+. The zero-order valence-corrected chi connectivity index (χ0v) is 4.84. The van der Waals surface area contributed by atoms with Crippen LogP contribution in [-0.4, -0.2) is 6.16 Å². The van der Waals surface area contributed by atoms with Gasteiger partial charge in [-0.25, -0.2) is 0 Å². The molecule has 1 aliphatic heterocycles. The molecule has 0 bridgehead atoms. The molecular weight excluding hydrogens is 115 g/mol. The first-order valence-electron chi connectivity index (χ1n) is 1.66. The highest BCUT2D eigenvalue weighted by atomic mass is 32.4. The minimum Gasteiger partial charge on any atom is -0.285 e. The predicted molar refractivity (Wildman–Crippen MR) is 29.4 cm³/mol. The summed E-state index contributed by atoms with van der Waals surface area (Å²) in [5.41, 5.74) is 0. The Kier molecular flexibility index (Phi) is 1.18. The van der Waals surface area contributed by atoms with Gasteiger partial charge in [-0.1, -0.05) is 0 Å². The van der Waals surface area contributed by atoms with E-state index in [9.17, 15) is 0 Å². The lowest BCUT2D eigenvalue weighted by Gasteiger charge is -1.65. The molecule has 1 aliphatic rings. The van der Waals surface area contributed by atoms with Crippen molar-refractivity contribution in [2.24, 2.45) is 0 Å². The van der Waals surface area contributed by atoms with Gasteiger partial charge in [0.1, 0.15) is 6.26 Å². The number of hydrogen-bond acceptors (Lipinski definition) is 2. The molecule has 0 aromatic rings. The first kappa shape index (κ1) is 4.23. The lowest BCUT2D eigenvalue weighted by Crippen LogP contribution is -1.53. The molecule has 1 heterocycles. The van der Waals surface area contributed by atoms with E-state index < -0.39 is 6.92 Å². The fourth-order valence-corrected chi connectivity index (χ4v) is 1.26. The number of rotatable bonds is 0. The van der Waals surface area contributed by atoms with Crippen LogP contribution in [0.25, 0.3) is 0 Å². The molecule has 1 nitrogen and oxygen atoms in total. The third kappa shape index (κ3) is 0.763. The molecule has 0 fully saturated rings. The Morgan fingerprint density at radius 1 is 1.83 bits per heavy atom. The second kappa shape index (κ2) is 1.67. The van der Waals surface area contributed by atoms with Gasteiger partial charge in [0, 0.05) is 6.08 Å². The highest BCUT2D eigenvalue weighted by Gasteiger charge is 2.11. The Balaban J connectivity index is 2.52. The molecule has 0 amide bonds. The molecule has 0 spiro atoms. The Hall–Kier alpha value is 0.0600. The van der Waals surface area contributed by atoms with Gasteiger partial charge in [-0.05, 0) is 0 Å². The van der Waals surface area contributed by atoms with Gasteiger partial charge in [0.05, 0.1) is 0 Å². The molecule has 0 aliphatic carbocycles. The van der Waals surface area contributed by atoms with Gasteiger partial charge in [-0.2, -0.15) is 0 Å². The van der Waals surface area contributed by atoms with E-state index in [1.165, 1.54) is 0 Å². The van der Waals surface area contributed by atoms with Crippen LogP contribution in [0.4, 0.5) is 0 Å². The molecule has 6 heavy (non-hydrogen) atoms. The van der Waals surface area contributed by atoms with E-state index >= 15 is 0 Å². The van der Waals surface area contributed by atoms with Gasteiger partial charge in [-0.3, -0.25) is 4.52 Å². The average Bonchev–Trinajstić information content (AvgIpc) is 1.86. The van der Waals surface area contributed by atoms with Gasteiger partial charge in [0.25, 0.3) is 0 Å². The fraction of sp³-hybridized carbons (Fsp3) is 0.333. The maximum absolute atomic E-state index is 4.85. The van der Waals surface area contributed by atoms with Gasteiger partial charge in [-0.15, -0.1) is 0 Å². The minimum atomic E-state index is -0.493. The van der Waals surface area contributed by atoms with Crippen LogP contribution in [0.15, 0.2) is 12.3 Å². The van der Waals surface area contributed by atoms with Crippen molar-refractivity contribution < 1.29 is 4.52 Å². The maximum atomic E-state index is 4.85. The highest BCUT2D eigenvalue weighted by molar-refractivity contribution is 8.03. The Morgan fingerprint density at radius 2 is 2.67 bits per heavy atom. The van der Waals surface area contributed by atoms with Crippen LogP contribution in [0.5, 0.6) is 0 Å². The van der Waals surface area contributed by atoms with Crippen molar-refractivity contribution in [1.82, 2.24) is 0 Å². The molecule has 3 heteroatoms. The molecule has 0 radical (unpaired) electrons. The SMILES string of the molecule is S=[P+]1CC=CO1. The first-order chi connectivity index (χ1) is 2.89. The summed E-state index contributed by atoms with van der Waals surface area (Å²) in [6, 6.07) is 0. The molecule has 0 saturated carbocycles. The fourth-order valence-electron chi connectivity index (χ4n) is 0.283. The quantitative estimate of drug-likeness (QED) is 0.445. The first-order valence-corrected chi connectivity index (χ1v) is 4.12. The summed E-state index contributed by atoms with van der Waals surface area (Å²) in [5.74, 6) is 0. The van der Waals surface area contributed by atoms with E-state index in [1.54, 1.807) is 6.26 Å². The van der Waals surface area contributed by atoms with Crippen LogP contribution in [0, 0.1) is 0 Å². The van der Waals surface area contributed by atoms with E-state index in [0.29, 0.717) is 0 Å². The molecule has 0 saturated heterocycles. The Morgan fingerprint density at radius 3 is 2.83 bits per heavy atom. The van der Waals surface area contributed by atoms with E-state index in [-0.39, 0.29) is 0 Å². The summed E-state index contributed by atoms with van der Waals surface area (Å²) < 4.78 is 4.85.